The molecule has 1 atom stereocenters. The fourth-order valence-corrected chi connectivity index (χ4v) is 7.27. The number of aromatic nitrogens is 1. The Kier molecular flexibility index (Phi) is 7.02. The van der Waals surface area contributed by atoms with Crippen molar-refractivity contribution in [2.45, 2.75) is 28.5 Å². The maximum atomic E-state index is 13.9. The summed E-state index contributed by atoms with van der Waals surface area (Å²) in [5.74, 6) is -2.18. The number of benzene rings is 3. The van der Waals surface area contributed by atoms with E-state index in [1.807, 2.05) is 6.92 Å². The number of nitrogens with two attached hydrogens (primary N) is 1. The van der Waals surface area contributed by atoms with Gasteiger partial charge in [0.25, 0.3) is 5.91 Å². The minimum Gasteiger partial charge on any atom is -0.503 e. The normalized spacial score (nSPS) is 15.7. The number of carbonyl (C=O) groups is 2. The van der Waals surface area contributed by atoms with E-state index < -0.39 is 33.3 Å². The second-order valence-electron chi connectivity index (χ2n) is 8.77. The Morgan fingerprint density at radius 3 is 2.54 bits per heavy atom. The fraction of sp³-hybridized carbons (Fsp3) is 0.107. The van der Waals surface area contributed by atoms with Crippen LogP contribution in [0.2, 0.25) is 5.02 Å². The number of aliphatic hydroxyl groups is 1. The first kappa shape index (κ1) is 26.6. The van der Waals surface area contributed by atoms with E-state index in [0.717, 1.165) is 22.4 Å². The first-order valence-corrected chi connectivity index (χ1v) is 14.5. The van der Waals surface area contributed by atoms with Crippen molar-refractivity contribution in [3.05, 3.63) is 112 Å². The molecule has 1 amide bonds. The van der Waals surface area contributed by atoms with E-state index in [1.54, 1.807) is 60.7 Å². The summed E-state index contributed by atoms with van der Waals surface area (Å²) in [5.41, 5.74) is 7.62. The standard InChI is InChI=1S/C28H22ClN3O5S2/c1-2-16-14-19(30)11-12-21(16)25(33)23-24(17-7-6-8-18(29)13-17)32(27(35)26(23)34)28-31-15-22(38-28)39(36,37)20-9-4-3-5-10-20/h3-15,24,34H,2,30H2,1H3. The summed E-state index contributed by atoms with van der Waals surface area (Å²) >= 11 is 7.02. The van der Waals surface area contributed by atoms with E-state index in [4.69, 9.17) is 17.3 Å². The molecule has 2 heterocycles. The highest BCUT2D eigenvalue weighted by Gasteiger charge is 2.46. The van der Waals surface area contributed by atoms with E-state index in [0.29, 0.717) is 33.8 Å². The highest BCUT2D eigenvalue weighted by atomic mass is 35.5. The maximum absolute atomic E-state index is 13.9. The van der Waals surface area contributed by atoms with E-state index >= 15 is 0 Å². The van der Waals surface area contributed by atoms with Gasteiger partial charge in [0.15, 0.2) is 16.7 Å². The summed E-state index contributed by atoms with van der Waals surface area (Å²) in [7, 11) is -3.91. The highest BCUT2D eigenvalue weighted by Crippen LogP contribution is 2.44. The van der Waals surface area contributed by atoms with E-state index in [1.165, 1.54) is 12.1 Å². The molecular formula is C28H22ClN3O5S2. The van der Waals surface area contributed by atoms with Crippen molar-refractivity contribution in [2.24, 2.45) is 0 Å². The number of aryl methyl sites for hydroxylation is 1. The number of anilines is 2. The Hall–Kier alpha value is -3.99. The van der Waals surface area contributed by atoms with Crippen LogP contribution in [-0.4, -0.2) is 30.2 Å². The summed E-state index contributed by atoms with van der Waals surface area (Å²) in [5, 5.41) is 11.4. The van der Waals surface area contributed by atoms with Gasteiger partial charge in [-0.05, 0) is 60.0 Å². The van der Waals surface area contributed by atoms with Gasteiger partial charge in [-0.15, -0.1) is 0 Å². The van der Waals surface area contributed by atoms with Gasteiger partial charge in [-0.1, -0.05) is 60.2 Å². The number of thiazole rings is 1. The summed E-state index contributed by atoms with van der Waals surface area (Å²) < 4.78 is 26.3. The van der Waals surface area contributed by atoms with Crippen molar-refractivity contribution in [3.63, 3.8) is 0 Å². The number of rotatable bonds is 7. The molecule has 4 aromatic rings. The number of carbonyl (C=O) groups excluding carboxylic acids is 2. The zero-order valence-electron chi connectivity index (χ0n) is 20.5. The Morgan fingerprint density at radius 2 is 1.85 bits per heavy atom. The van der Waals surface area contributed by atoms with Gasteiger partial charge < -0.3 is 10.8 Å². The second kappa shape index (κ2) is 10.3. The van der Waals surface area contributed by atoms with Crippen LogP contribution >= 0.6 is 22.9 Å². The number of hydrogen-bond acceptors (Lipinski definition) is 8. The molecule has 3 aromatic carbocycles. The molecule has 0 spiro atoms. The van der Waals surface area contributed by atoms with E-state index in [2.05, 4.69) is 4.98 Å². The molecule has 1 aliphatic heterocycles. The molecule has 5 rings (SSSR count). The van der Waals surface area contributed by atoms with Crippen LogP contribution in [-0.2, 0) is 21.1 Å². The van der Waals surface area contributed by atoms with Crippen LogP contribution in [0.25, 0.3) is 0 Å². The topological polar surface area (TPSA) is 131 Å². The van der Waals surface area contributed by atoms with Gasteiger partial charge in [0.2, 0.25) is 9.84 Å². The third-order valence-corrected chi connectivity index (χ3v) is 9.83. The zero-order chi connectivity index (χ0) is 27.9. The highest BCUT2D eigenvalue weighted by molar-refractivity contribution is 7.93. The molecule has 0 radical (unpaired) electrons. The minimum absolute atomic E-state index is 0.00172. The Balaban J connectivity index is 1.64. The molecule has 0 aliphatic carbocycles. The predicted octanol–water partition coefficient (Wildman–Crippen LogP) is 5.56. The molecule has 1 aromatic heterocycles. The van der Waals surface area contributed by atoms with Crippen LogP contribution in [0.15, 0.2) is 99.4 Å². The average molecular weight is 580 g/mol. The lowest BCUT2D eigenvalue weighted by Gasteiger charge is -2.25. The average Bonchev–Trinajstić information content (AvgIpc) is 3.52. The quantitative estimate of drug-likeness (QED) is 0.216. The van der Waals surface area contributed by atoms with Crippen molar-refractivity contribution < 1.29 is 23.1 Å². The van der Waals surface area contributed by atoms with Crippen LogP contribution < -0.4 is 10.6 Å². The van der Waals surface area contributed by atoms with Crippen molar-refractivity contribution in [1.82, 2.24) is 4.98 Å². The fourth-order valence-electron chi connectivity index (χ4n) is 4.50. The van der Waals surface area contributed by atoms with Crippen LogP contribution in [0.4, 0.5) is 10.8 Å². The van der Waals surface area contributed by atoms with Gasteiger partial charge in [-0.25, -0.2) is 13.4 Å². The molecule has 198 valence electrons. The maximum Gasteiger partial charge on any atom is 0.296 e. The summed E-state index contributed by atoms with van der Waals surface area (Å²) in [4.78, 5) is 32.8. The molecule has 0 bridgehead atoms. The van der Waals surface area contributed by atoms with Gasteiger partial charge in [0, 0.05) is 16.3 Å². The van der Waals surface area contributed by atoms with Gasteiger partial charge in [-0.2, -0.15) is 0 Å². The van der Waals surface area contributed by atoms with Crippen LogP contribution in [0.1, 0.15) is 34.5 Å². The Bertz CT molecular complexity index is 1750. The molecule has 0 fully saturated rings. The molecule has 0 saturated heterocycles. The lowest BCUT2D eigenvalue weighted by molar-refractivity contribution is -0.117. The Labute approximate surface area is 233 Å². The smallest absolute Gasteiger partial charge is 0.296 e. The number of nitrogens with zero attached hydrogens (tertiary/aromatic N) is 2. The molecule has 11 heteroatoms. The van der Waals surface area contributed by atoms with Crippen molar-refractivity contribution in [2.75, 3.05) is 10.6 Å². The zero-order valence-corrected chi connectivity index (χ0v) is 22.9. The summed E-state index contributed by atoms with van der Waals surface area (Å²) in [6.07, 6.45) is 1.66. The van der Waals surface area contributed by atoms with Gasteiger partial charge in [0.1, 0.15) is 4.21 Å². The third kappa shape index (κ3) is 4.71. The molecule has 0 saturated carbocycles. The van der Waals surface area contributed by atoms with Crippen molar-refractivity contribution in [1.29, 1.82) is 0 Å². The van der Waals surface area contributed by atoms with Gasteiger partial charge >= 0.3 is 0 Å². The summed E-state index contributed by atoms with van der Waals surface area (Å²) in [6.45, 7) is 1.87. The third-order valence-electron chi connectivity index (χ3n) is 6.37. The molecular weight excluding hydrogens is 558 g/mol. The second-order valence-corrected chi connectivity index (χ2v) is 12.4. The van der Waals surface area contributed by atoms with Crippen LogP contribution in [0, 0.1) is 0 Å². The van der Waals surface area contributed by atoms with Crippen molar-refractivity contribution in [3.8, 4) is 0 Å². The van der Waals surface area contributed by atoms with Crippen LogP contribution in [0.5, 0.6) is 0 Å². The lowest BCUT2D eigenvalue weighted by atomic mass is 9.90. The number of nitrogen functional groups attached to an aromatic ring is 1. The number of aliphatic hydroxyl groups excluding tert-OH is 1. The van der Waals surface area contributed by atoms with E-state index in [-0.39, 0.29) is 19.8 Å². The molecule has 3 N–H and O–H groups in total. The molecule has 1 aliphatic rings. The molecule has 39 heavy (non-hydrogen) atoms. The largest absolute Gasteiger partial charge is 0.503 e. The number of amides is 1. The molecule has 8 nitrogen and oxygen atoms in total. The van der Waals surface area contributed by atoms with E-state index in [9.17, 15) is 23.1 Å². The number of halogens is 1. The number of Topliss-reactive ketones (excluding diaryl/α,β-unsaturated/α-hetero) is 1. The monoisotopic (exact) mass is 579 g/mol. The number of hydrogen-bond donors (Lipinski definition) is 2. The van der Waals surface area contributed by atoms with Gasteiger partial charge in [-0.3, -0.25) is 14.5 Å². The Morgan fingerprint density at radius 1 is 1.10 bits per heavy atom. The first-order chi connectivity index (χ1) is 18.6. The number of sulfone groups is 1. The predicted molar refractivity (Wildman–Crippen MR) is 150 cm³/mol. The van der Waals surface area contributed by atoms with Crippen LogP contribution in [0.3, 0.4) is 0 Å². The lowest BCUT2D eigenvalue weighted by Crippen LogP contribution is -2.31. The minimum atomic E-state index is -3.91. The first-order valence-electron chi connectivity index (χ1n) is 11.8. The molecule has 1 unspecified atom stereocenters. The number of ketones is 1. The van der Waals surface area contributed by atoms with Gasteiger partial charge in [0.05, 0.1) is 22.7 Å². The summed E-state index contributed by atoms with van der Waals surface area (Å²) in [6, 6.07) is 18.1. The SMILES string of the molecule is CCc1cc(N)ccc1C(=O)C1=C(O)C(=O)N(c2ncc(S(=O)(=O)c3ccccc3)s2)C1c1cccc(Cl)c1. The van der Waals surface area contributed by atoms with Crippen molar-refractivity contribution >= 4 is 55.3 Å².